The Hall–Kier alpha value is -0.860. The van der Waals surface area contributed by atoms with Crippen LogP contribution in [-0.2, 0) is 14.3 Å². The van der Waals surface area contributed by atoms with Crippen LogP contribution in [0.25, 0.3) is 0 Å². The highest BCUT2D eigenvalue weighted by Gasteiger charge is 2.41. The van der Waals surface area contributed by atoms with Gasteiger partial charge in [-0.3, -0.25) is 9.59 Å². The van der Waals surface area contributed by atoms with Crippen molar-refractivity contribution in [3.05, 3.63) is 0 Å². The first kappa shape index (κ1) is 12.1. The Morgan fingerprint density at radius 1 is 1.15 bits per heavy atom. The van der Waals surface area contributed by atoms with E-state index < -0.39 is 0 Å². The Bertz CT molecular complexity index is 198. The lowest BCUT2D eigenvalue weighted by molar-refractivity contribution is -0.153. The van der Waals surface area contributed by atoms with Crippen LogP contribution in [0.3, 0.4) is 0 Å². The van der Waals surface area contributed by atoms with Crippen molar-refractivity contribution in [3.63, 3.8) is 0 Å². The van der Waals surface area contributed by atoms with E-state index in [2.05, 4.69) is 4.74 Å². The molecule has 0 amide bonds. The van der Waals surface area contributed by atoms with Gasteiger partial charge in [-0.15, -0.1) is 0 Å². The molecule has 0 aromatic rings. The third kappa shape index (κ3) is 2.29. The van der Waals surface area contributed by atoms with E-state index in [-0.39, 0.29) is 31.2 Å². The lowest BCUT2D eigenvalue weighted by atomic mass is 9.89. The summed E-state index contributed by atoms with van der Waals surface area (Å²) in [6, 6.07) is 0. The zero-order chi connectivity index (χ0) is 9.14. The SMILES string of the molecule is C.CCCC1C(=O)OC(=O)C1CC. The van der Waals surface area contributed by atoms with E-state index in [4.69, 9.17) is 0 Å². The zero-order valence-corrected chi connectivity index (χ0v) is 7.50. The van der Waals surface area contributed by atoms with Crippen LogP contribution in [0.4, 0.5) is 0 Å². The van der Waals surface area contributed by atoms with Gasteiger partial charge in [0.05, 0.1) is 11.8 Å². The van der Waals surface area contributed by atoms with Gasteiger partial charge in [0.25, 0.3) is 0 Å². The fraction of sp³-hybridized carbons (Fsp3) is 0.800. The summed E-state index contributed by atoms with van der Waals surface area (Å²) in [5.41, 5.74) is 0. The second-order valence-corrected chi connectivity index (χ2v) is 3.15. The van der Waals surface area contributed by atoms with Crippen molar-refractivity contribution in [2.75, 3.05) is 0 Å². The second-order valence-electron chi connectivity index (χ2n) is 3.15. The van der Waals surface area contributed by atoms with E-state index in [1.54, 1.807) is 0 Å². The second kappa shape index (κ2) is 5.00. The van der Waals surface area contributed by atoms with Gasteiger partial charge in [-0.2, -0.15) is 0 Å². The summed E-state index contributed by atoms with van der Waals surface area (Å²) >= 11 is 0. The van der Waals surface area contributed by atoms with Crippen LogP contribution in [0.1, 0.15) is 40.5 Å². The van der Waals surface area contributed by atoms with E-state index in [9.17, 15) is 9.59 Å². The first-order chi connectivity index (χ1) is 5.70. The van der Waals surface area contributed by atoms with Crippen molar-refractivity contribution >= 4 is 11.9 Å². The number of rotatable bonds is 3. The molecular weight excluding hydrogens is 168 g/mol. The summed E-state index contributed by atoms with van der Waals surface area (Å²) in [5, 5.41) is 0. The molecule has 2 atom stereocenters. The maximum atomic E-state index is 11.1. The van der Waals surface area contributed by atoms with Gasteiger partial charge in [-0.25, -0.2) is 0 Å². The van der Waals surface area contributed by atoms with E-state index in [0.29, 0.717) is 6.42 Å². The molecule has 1 rings (SSSR count). The highest BCUT2D eigenvalue weighted by atomic mass is 16.6. The summed E-state index contributed by atoms with van der Waals surface area (Å²) in [4.78, 5) is 22.2. The molecule has 0 bridgehead atoms. The normalized spacial score (nSPS) is 26.9. The minimum atomic E-state index is -0.332. The number of cyclic esters (lactones) is 2. The molecule has 0 aliphatic carbocycles. The molecule has 0 aromatic heterocycles. The van der Waals surface area contributed by atoms with Gasteiger partial charge in [0, 0.05) is 0 Å². The van der Waals surface area contributed by atoms with Gasteiger partial charge < -0.3 is 4.74 Å². The lowest BCUT2D eigenvalue weighted by Crippen LogP contribution is -2.16. The standard InChI is InChI=1S/C9H14O3.CH4/c1-3-5-7-6(4-2)8(10)12-9(7)11;/h6-7H,3-5H2,1-2H3;1H4. The molecule has 3 nitrogen and oxygen atoms in total. The van der Waals surface area contributed by atoms with Crippen LogP contribution in [0.5, 0.6) is 0 Å². The van der Waals surface area contributed by atoms with Gasteiger partial charge in [0.15, 0.2) is 0 Å². The highest BCUT2D eigenvalue weighted by Crippen LogP contribution is 2.29. The molecule has 0 spiro atoms. The smallest absolute Gasteiger partial charge is 0.317 e. The summed E-state index contributed by atoms with van der Waals surface area (Å²) in [5.74, 6) is -1.01. The predicted octanol–water partition coefficient (Wildman–Crippen LogP) is 2.15. The summed E-state index contributed by atoms with van der Waals surface area (Å²) < 4.78 is 4.55. The number of hydrogen-bond donors (Lipinski definition) is 0. The average Bonchev–Trinajstić information content (AvgIpc) is 2.28. The molecule has 0 radical (unpaired) electrons. The lowest BCUT2D eigenvalue weighted by Gasteiger charge is -2.08. The minimum Gasteiger partial charge on any atom is -0.393 e. The van der Waals surface area contributed by atoms with Crippen LogP contribution in [0.15, 0.2) is 0 Å². The summed E-state index contributed by atoms with van der Waals surface area (Å²) in [7, 11) is 0. The molecule has 1 heterocycles. The minimum absolute atomic E-state index is 0. The summed E-state index contributed by atoms with van der Waals surface area (Å²) in [6.45, 7) is 3.91. The van der Waals surface area contributed by atoms with E-state index >= 15 is 0 Å². The fourth-order valence-corrected chi connectivity index (χ4v) is 1.66. The quantitative estimate of drug-likeness (QED) is 0.501. The predicted molar refractivity (Wildman–Crippen MR) is 50.0 cm³/mol. The van der Waals surface area contributed by atoms with Gasteiger partial charge >= 0.3 is 11.9 Å². The Morgan fingerprint density at radius 3 is 2.15 bits per heavy atom. The largest absolute Gasteiger partial charge is 0.393 e. The van der Waals surface area contributed by atoms with Crippen molar-refractivity contribution in [1.29, 1.82) is 0 Å². The Morgan fingerprint density at radius 2 is 1.69 bits per heavy atom. The molecular formula is C10H18O3. The van der Waals surface area contributed by atoms with Gasteiger partial charge in [-0.1, -0.05) is 27.7 Å². The number of esters is 2. The molecule has 13 heavy (non-hydrogen) atoms. The molecule has 1 aliphatic rings. The molecule has 0 aromatic carbocycles. The van der Waals surface area contributed by atoms with Crippen LogP contribution in [0.2, 0.25) is 0 Å². The van der Waals surface area contributed by atoms with Crippen molar-refractivity contribution < 1.29 is 14.3 Å². The average molecular weight is 186 g/mol. The highest BCUT2D eigenvalue weighted by molar-refractivity contribution is 5.96. The molecule has 3 heteroatoms. The first-order valence-corrected chi connectivity index (χ1v) is 4.46. The molecule has 76 valence electrons. The number of carbonyl (C=O) groups is 2. The van der Waals surface area contributed by atoms with Gasteiger partial charge in [0.2, 0.25) is 0 Å². The van der Waals surface area contributed by atoms with Crippen LogP contribution in [-0.4, -0.2) is 11.9 Å². The molecule has 0 saturated carbocycles. The Kier molecular flexibility index (Phi) is 4.67. The van der Waals surface area contributed by atoms with Gasteiger partial charge in [0.1, 0.15) is 0 Å². The van der Waals surface area contributed by atoms with E-state index in [1.165, 1.54) is 0 Å². The van der Waals surface area contributed by atoms with E-state index in [0.717, 1.165) is 12.8 Å². The van der Waals surface area contributed by atoms with Crippen molar-refractivity contribution in [2.24, 2.45) is 11.8 Å². The molecule has 2 unspecified atom stereocenters. The molecule has 1 aliphatic heterocycles. The number of hydrogen-bond acceptors (Lipinski definition) is 3. The van der Waals surface area contributed by atoms with Crippen LogP contribution < -0.4 is 0 Å². The topological polar surface area (TPSA) is 43.4 Å². The third-order valence-corrected chi connectivity index (χ3v) is 2.33. The van der Waals surface area contributed by atoms with Gasteiger partial charge in [-0.05, 0) is 12.8 Å². The number of carbonyl (C=O) groups excluding carboxylic acids is 2. The maximum absolute atomic E-state index is 11.1. The maximum Gasteiger partial charge on any atom is 0.317 e. The van der Waals surface area contributed by atoms with Crippen molar-refractivity contribution in [2.45, 2.75) is 40.5 Å². The van der Waals surface area contributed by atoms with Crippen LogP contribution >= 0.6 is 0 Å². The van der Waals surface area contributed by atoms with Crippen LogP contribution in [0, 0.1) is 11.8 Å². The summed E-state index contributed by atoms with van der Waals surface area (Å²) in [6.07, 6.45) is 2.39. The Balaban J connectivity index is 0.00000144. The van der Waals surface area contributed by atoms with Crippen molar-refractivity contribution in [1.82, 2.24) is 0 Å². The first-order valence-electron chi connectivity index (χ1n) is 4.46. The molecule has 1 fully saturated rings. The zero-order valence-electron chi connectivity index (χ0n) is 7.50. The molecule has 1 saturated heterocycles. The number of ether oxygens (including phenoxy) is 1. The monoisotopic (exact) mass is 186 g/mol. The Labute approximate surface area is 79.5 Å². The molecule has 0 N–H and O–H groups in total. The third-order valence-electron chi connectivity index (χ3n) is 2.33. The van der Waals surface area contributed by atoms with Crippen molar-refractivity contribution in [3.8, 4) is 0 Å². The van der Waals surface area contributed by atoms with E-state index in [1.807, 2.05) is 13.8 Å². The fourth-order valence-electron chi connectivity index (χ4n) is 1.66.